The Morgan fingerprint density at radius 2 is 1.75 bits per heavy atom. The van der Waals surface area contributed by atoms with E-state index in [0.717, 1.165) is 33.3 Å². The number of H-pyrrole nitrogens is 1. The van der Waals surface area contributed by atoms with Crippen molar-refractivity contribution in [1.29, 1.82) is 0 Å². The van der Waals surface area contributed by atoms with E-state index in [2.05, 4.69) is 57.9 Å². The summed E-state index contributed by atoms with van der Waals surface area (Å²) in [5.74, 6) is 0.00615. The molecule has 5 heteroatoms. The first-order valence-corrected chi connectivity index (χ1v) is 10.8. The fourth-order valence-electron chi connectivity index (χ4n) is 4.28. The topological polar surface area (TPSA) is 50.7 Å². The van der Waals surface area contributed by atoms with E-state index in [-0.39, 0.29) is 11.5 Å². The number of aromatic nitrogens is 3. The first-order chi connectivity index (χ1) is 15.5. The molecule has 1 atom stereocenters. The Bertz CT molecular complexity index is 1480. The van der Waals surface area contributed by atoms with E-state index in [1.807, 2.05) is 49.9 Å². The summed E-state index contributed by atoms with van der Waals surface area (Å²) in [7, 11) is 2.01. The van der Waals surface area contributed by atoms with Crippen molar-refractivity contribution in [2.75, 3.05) is 0 Å². The second kappa shape index (κ2) is 8.13. The predicted octanol–water partition coefficient (Wildman–Crippen LogP) is 6.07. The molecular weight excluding hydrogens is 418 g/mol. The fraction of sp³-hybridized carbons (Fsp3) is 0.111. The van der Waals surface area contributed by atoms with Crippen LogP contribution in [0.15, 0.2) is 90.1 Å². The summed E-state index contributed by atoms with van der Waals surface area (Å²) >= 11 is 6.25. The maximum atomic E-state index is 12.4. The Labute approximate surface area is 191 Å². The van der Waals surface area contributed by atoms with Crippen molar-refractivity contribution in [2.24, 2.45) is 7.05 Å². The minimum atomic E-state index is -0.137. The second-order valence-corrected chi connectivity index (χ2v) is 8.57. The Balaban J connectivity index is 1.76. The number of fused-ring (bicyclic) bond motifs is 1. The van der Waals surface area contributed by atoms with Gasteiger partial charge in [-0.2, -0.15) is 0 Å². The van der Waals surface area contributed by atoms with Gasteiger partial charge in [-0.05, 0) is 53.4 Å². The number of nitrogens with zero attached hydrogens (tertiary/aromatic N) is 2. The number of halogens is 1. The molecule has 2 aromatic heterocycles. The van der Waals surface area contributed by atoms with Crippen molar-refractivity contribution in [3.8, 4) is 11.1 Å². The lowest BCUT2D eigenvalue weighted by molar-refractivity contribution is 0.793. The maximum absolute atomic E-state index is 12.4. The summed E-state index contributed by atoms with van der Waals surface area (Å²) in [6.45, 7) is 2.09. The molecule has 0 fully saturated rings. The average Bonchev–Trinajstić information content (AvgIpc) is 3.20. The Hall–Kier alpha value is -3.63. The van der Waals surface area contributed by atoms with Crippen LogP contribution < -0.4 is 5.56 Å². The quantitative estimate of drug-likeness (QED) is 0.369. The number of pyridine rings is 1. The van der Waals surface area contributed by atoms with E-state index >= 15 is 0 Å². The van der Waals surface area contributed by atoms with Crippen LogP contribution in [0.25, 0.3) is 22.0 Å². The van der Waals surface area contributed by atoms with Gasteiger partial charge in [0.1, 0.15) is 0 Å². The molecule has 1 unspecified atom stereocenters. The van der Waals surface area contributed by atoms with Crippen LogP contribution in [0.1, 0.15) is 28.3 Å². The summed E-state index contributed by atoms with van der Waals surface area (Å²) in [6.07, 6.45) is 3.74. The fourth-order valence-corrected chi connectivity index (χ4v) is 4.47. The van der Waals surface area contributed by atoms with Crippen molar-refractivity contribution in [1.82, 2.24) is 14.5 Å². The van der Waals surface area contributed by atoms with Gasteiger partial charge in [-0.1, -0.05) is 59.6 Å². The molecule has 0 spiro atoms. The van der Waals surface area contributed by atoms with Crippen molar-refractivity contribution in [3.05, 3.63) is 123 Å². The zero-order valence-electron chi connectivity index (χ0n) is 17.8. The maximum Gasteiger partial charge on any atom is 0.249 e. The van der Waals surface area contributed by atoms with Crippen LogP contribution in [0, 0.1) is 6.92 Å². The largest absolute Gasteiger partial charge is 0.337 e. The van der Waals surface area contributed by atoms with Gasteiger partial charge in [0.25, 0.3) is 0 Å². The van der Waals surface area contributed by atoms with E-state index in [1.54, 1.807) is 6.07 Å². The highest BCUT2D eigenvalue weighted by Crippen LogP contribution is 2.35. The number of hydrogen-bond donors (Lipinski definition) is 1. The second-order valence-electron chi connectivity index (χ2n) is 8.14. The highest BCUT2D eigenvalue weighted by atomic mass is 35.5. The molecule has 0 amide bonds. The lowest BCUT2D eigenvalue weighted by atomic mass is 9.86. The molecule has 1 N–H and O–H groups in total. The molecule has 0 radical (unpaired) electrons. The van der Waals surface area contributed by atoms with Crippen molar-refractivity contribution in [2.45, 2.75) is 12.8 Å². The van der Waals surface area contributed by atoms with E-state index in [1.165, 1.54) is 11.1 Å². The first kappa shape index (κ1) is 20.3. The molecule has 5 rings (SSSR count). The lowest BCUT2D eigenvalue weighted by Gasteiger charge is -2.20. The van der Waals surface area contributed by atoms with Crippen LogP contribution in [0.4, 0.5) is 0 Å². The molecule has 2 heterocycles. The first-order valence-electron chi connectivity index (χ1n) is 10.5. The number of imidazole rings is 1. The standard InChI is InChI=1S/C27H22ClN3O/c1-17-6-8-18(9-7-17)27(25-15-29-16-31(25)2)20-10-11-24-23(13-20)22(14-26(32)30-24)19-4-3-5-21(28)12-19/h3-16,27H,1-2H3,(H,30,32). The summed E-state index contributed by atoms with van der Waals surface area (Å²) in [5.41, 5.74) is 7.07. The SMILES string of the molecule is Cc1ccc(C(c2ccc3[nH]c(=O)cc(-c4cccc(Cl)c4)c3c2)c2cncn2C)cc1. The zero-order chi connectivity index (χ0) is 22.2. The van der Waals surface area contributed by atoms with Gasteiger partial charge in [-0.25, -0.2) is 4.98 Å². The molecule has 32 heavy (non-hydrogen) atoms. The van der Waals surface area contributed by atoms with Crippen LogP contribution in [-0.4, -0.2) is 14.5 Å². The highest BCUT2D eigenvalue weighted by molar-refractivity contribution is 6.30. The Morgan fingerprint density at radius 3 is 2.47 bits per heavy atom. The molecule has 0 aliphatic heterocycles. The molecule has 5 aromatic rings. The molecular formula is C27H22ClN3O. The highest BCUT2D eigenvalue weighted by Gasteiger charge is 2.21. The van der Waals surface area contributed by atoms with Crippen molar-refractivity contribution in [3.63, 3.8) is 0 Å². The third-order valence-electron chi connectivity index (χ3n) is 5.90. The van der Waals surface area contributed by atoms with Crippen LogP contribution in [0.5, 0.6) is 0 Å². The molecule has 4 nitrogen and oxygen atoms in total. The number of rotatable bonds is 4. The molecule has 0 saturated heterocycles. The van der Waals surface area contributed by atoms with Gasteiger partial charge < -0.3 is 9.55 Å². The van der Waals surface area contributed by atoms with E-state index in [0.29, 0.717) is 5.02 Å². The zero-order valence-corrected chi connectivity index (χ0v) is 18.6. The van der Waals surface area contributed by atoms with E-state index < -0.39 is 0 Å². The Morgan fingerprint density at radius 1 is 0.969 bits per heavy atom. The molecule has 3 aromatic carbocycles. The van der Waals surface area contributed by atoms with Gasteiger partial charge in [0.2, 0.25) is 5.56 Å². The molecule has 0 saturated carbocycles. The Kier molecular flexibility index (Phi) is 5.16. The van der Waals surface area contributed by atoms with Gasteiger partial charge >= 0.3 is 0 Å². The summed E-state index contributed by atoms with van der Waals surface area (Å²) in [6, 6.07) is 24.1. The smallest absolute Gasteiger partial charge is 0.249 e. The number of aryl methyl sites for hydroxylation is 2. The van der Waals surface area contributed by atoms with Gasteiger partial charge in [0, 0.05) is 40.9 Å². The van der Waals surface area contributed by atoms with Gasteiger partial charge in [-0.3, -0.25) is 4.79 Å². The minimum absolute atomic E-state index is 0.00615. The van der Waals surface area contributed by atoms with Crippen molar-refractivity contribution >= 4 is 22.5 Å². The van der Waals surface area contributed by atoms with Gasteiger partial charge in [0.15, 0.2) is 0 Å². The third kappa shape index (κ3) is 3.74. The lowest BCUT2D eigenvalue weighted by Crippen LogP contribution is -2.09. The molecule has 0 aliphatic rings. The minimum Gasteiger partial charge on any atom is -0.337 e. The number of hydrogen-bond acceptors (Lipinski definition) is 2. The van der Waals surface area contributed by atoms with E-state index in [9.17, 15) is 4.79 Å². The normalized spacial score (nSPS) is 12.2. The average molecular weight is 440 g/mol. The van der Waals surface area contributed by atoms with Crippen LogP contribution in [0.2, 0.25) is 5.02 Å². The number of nitrogens with one attached hydrogen (secondary N) is 1. The third-order valence-corrected chi connectivity index (χ3v) is 6.13. The molecule has 0 bridgehead atoms. The summed E-state index contributed by atoms with van der Waals surface area (Å²) < 4.78 is 2.06. The summed E-state index contributed by atoms with van der Waals surface area (Å²) in [4.78, 5) is 19.7. The van der Waals surface area contributed by atoms with Gasteiger partial charge in [-0.15, -0.1) is 0 Å². The monoisotopic (exact) mass is 439 g/mol. The number of aromatic amines is 1. The van der Waals surface area contributed by atoms with Crippen LogP contribution in [-0.2, 0) is 7.05 Å². The summed E-state index contributed by atoms with van der Waals surface area (Å²) in [5, 5.41) is 1.61. The van der Waals surface area contributed by atoms with Gasteiger partial charge in [0.05, 0.1) is 12.2 Å². The molecule has 158 valence electrons. The predicted molar refractivity (Wildman–Crippen MR) is 130 cm³/mol. The number of benzene rings is 3. The van der Waals surface area contributed by atoms with Crippen LogP contribution in [0.3, 0.4) is 0 Å². The van der Waals surface area contributed by atoms with Crippen LogP contribution >= 0.6 is 11.6 Å². The molecule has 0 aliphatic carbocycles. The van der Waals surface area contributed by atoms with Crippen molar-refractivity contribution < 1.29 is 0 Å². The van der Waals surface area contributed by atoms with E-state index in [4.69, 9.17) is 11.6 Å².